The van der Waals surface area contributed by atoms with Crippen molar-refractivity contribution >= 4 is 0 Å². The first-order valence-electron chi connectivity index (χ1n) is 5.42. The summed E-state index contributed by atoms with van der Waals surface area (Å²) in [6.45, 7) is 8.84. The van der Waals surface area contributed by atoms with Crippen LogP contribution in [0.1, 0.15) is 42.0 Å². The van der Waals surface area contributed by atoms with Crippen LogP contribution < -0.4 is 5.32 Å². The second-order valence-electron chi connectivity index (χ2n) is 4.38. The maximum Gasteiger partial charge on any atom is 0.127 e. The molecule has 0 fully saturated rings. The van der Waals surface area contributed by atoms with E-state index in [4.69, 9.17) is 0 Å². The number of hydrogen-bond donors (Lipinski definition) is 1. The third-order valence-electron chi connectivity index (χ3n) is 2.86. The maximum absolute atomic E-state index is 13.8. The molecule has 0 aliphatic carbocycles. The zero-order chi connectivity index (χ0) is 11.6. The third kappa shape index (κ3) is 2.37. The van der Waals surface area contributed by atoms with Crippen LogP contribution in [0.15, 0.2) is 6.07 Å². The van der Waals surface area contributed by atoms with Gasteiger partial charge in [0.1, 0.15) is 5.82 Å². The van der Waals surface area contributed by atoms with Gasteiger partial charge in [0, 0.05) is 6.54 Å². The summed E-state index contributed by atoms with van der Waals surface area (Å²) >= 11 is 0. The largest absolute Gasteiger partial charge is 0.316 e. The van der Waals surface area contributed by atoms with Crippen LogP contribution in [0.25, 0.3) is 0 Å². The van der Waals surface area contributed by atoms with Gasteiger partial charge in [-0.2, -0.15) is 0 Å². The van der Waals surface area contributed by atoms with E-state index in [9.17, 15) is 4.39 Å². The average molecular weight is 209 g/mol. The van der Waals surface area contributed by atoms with Crippen molar-refractivity contribution in [3.05, 3.63) is 34.1 Å². The van der Waals surface area contributed by atoms with Crippen molar-refractivity contribution in [2.24, 2.45) is 0 Å². The summed E-state index contributed by atoms with van der Waals surface area (Å²) in [5, 5.41) is 3.13. The van der Waals surface area contributed by atoms with Gasteiger partial charge >= 0.3 is 0 Å². The molecule has 0 aliphatic heterocycles. The van der Waals surface area contributed by atoms with Crippen LogP contribution in [-0.2, 0) is 6.54 Å². The van der Waals surface area contributed by atoms with Crippen molar-refractivity contribution in [3.63, 3.8) is 0 Å². The Morgan fingerprint density at radius 3 is 2.40 bits per heavy atom. The summed E-state index contributed by atoms with van der Waals surface area (Å²) in [5.74, 6) is 0.168. The molecule has 0 amide bonds. The molecule has 1 N–H and O–H groups in total. The Hall–Kier alpha value is -0.890. The minimum Gasteiger partial charge on any atom is -0.316 e. The van der Waals surface area contributed by atoms with E-state index < -0.39 is 0 Å². The minimum absolute atomic E-state index is 0.0696. The number of aryl methyl sites for hydroxylation is 1. The molecule has 0 radical (unpaired) electrons. The van der Waals surface area contributed by atoms with Crippen LogP contribution >= 0.6 is 0 Å². The second-order valence-corrected chi connectivity index (χ2v) is 4.38. The lowest BCUT2D eigenvalue weighted by atomic mass is 9.91. The molecule has 2 heteroatoms. The maximum atomic E-state index is 13.8. The fraction of sp³-hybridized carbons (Fsp3) is 0.538. The molecule has 0 spiro atoms. The summed E-state index contributed by atoms with van der Waals surface area (Å²) in [7, 11) is 1.91. The van der Waals surface area contributed by atoms with Gasteiger partial charge in [0.25, 0.3) is 0 Å². The van der Waals surface area contributed by atoms with Crippen LogP contribution in [0.4, 0.5) is 4.39 Å². The smallest absolute Gasteiger partial charge is 0.127 e. The lowest BCUT2D eigenvalue weighted by Gasteiger charge is -2.17. The predicted molar refractivity (Wildman–Crippen MR) is 62.7 cm³/mol. The fourth-order valence-corrected chi connectivity index (χ4v) is 2.15. The van der Waals surface area contributed by atoms with Gasteiger partial charge in [-0.25, -0.2) is 4.39 Å². The van der Waals surface area contributed by atoms with Gasteiger partial charge in [0.2, 0.25) is 0 Å². The normalized spacial score (nSPS) is 11.1. The number of nitrogens with one attached hydrogen (secondary N) is 1. The lowest BCUT2D eigenvalue weighted by molar-refractivity contribution is 0.591. The van der Waals surface area contributed by atoms with Gasteiger partial charge in [-0.3, -0.25) is 0 Å². The minimum atomic E-state index is -0.0696. The Labute approximate surface area is 91.7 Å². The van der Waals surface area contributed by atoms with Gasteiger partial charge in [0.15, 0.2) is 0 Å². The topological polar surface area (TPSA) is 12.0 Å². The molecule has 0 aromatic heterocycles. The van der Waals surface area contributed by atoms with E-state index in [-0.39, 0.29) is 11.7 Å². The van der Waals surface area contributed by atoms with E-state index in [2.05, 4.69) is 5.32 Å². The Kier molecular flexibility index (Phi) is 3.86. The van der Waals surface area contributed by atoms with E-state index in [1.165, 1.54) is 5.56 Å². The molecular formula is C13H20FN. The first kappa shape index (κ1) is 12.2. The molecule has 0 atom stereocenters. The van der Waals surface area contributed by atoms with Crippen LogP contribution in [0, 0.1) is 19.7 Å². The quantitative estimate of drug-likeness (QED) is 0.805. The summed E-state index contributed by atoms with van der Waals surface area (Å²) in [4.78, 5) is 0. The van der Waals surface area contributed by atoms with E-state index in [1.807, 2.05) is 34.7 Å². The lowest BCUT2D eigenvalue weighted by Crippen LogP contribution is -2.11. The first-order valence-corrected chi connectivity index (χ1v) is 5.42. The van der Waals surface area contributed by atoms with Crippen LogP contribution in [0.3, 0.4) is 0 Å². The SMILES string of the molecule is CNCc1c(C)cc(F)c(C(C)C)c1C. The summed E-state index contributed by atoms with van der Waals surface area (Å²) in [5.41, 5.74) is 4.20. The molecule has 1 aromatic carbocycles. The van der Waals surface area contributed by atoms with Crippen LogP contribution in [0.5, 0.6) is 0 Å². The second kappa shape index (κ2) is 4.75. The molecule has 0 bridgehead atoms. The zero-order valence-corrected chi connectivity index (χ0v) is 10.2. The van der Waals surface area contributed by atoms with Gasteiger partial charge in [-0.05, 0) is 55.1 Å². The van der Waals surface area contributed by atoms with Gasteiger partial charge < -0.3 is 5.32 Å². The third-order valence-corrected chi connectivity index (χ3v) is 2.86. The predicted octanol–water partition coefficient (Wildman–Crippen LogP) is 3.29. The van der Waals surface area contributed by atoms with Crippen molar-refractivity contribution < 1.29 is 4.39 Å². The van der Waals surface area contributed by atoms with E-state index >= 15 is 0 Å². The van der Waals surface area contributed by atoms with Crippen molar-refractivity contribution in [3.8, 4) is 0 Å². The van der Waals surface area contributed by atoms with Crippen LogP contribution in [-0.4, -0.2) is 7.05 Å². The fourth-order valence-electron chi connectivity index (χ4n) is 2.15. The highest BCUT2D eigenvalue weighted by Crippen LogP contribution is 2.27. The Bertz CT molecular complexity index is 356. The molecule has 0 heterocycles. The number of halogens is 1. The highest BCUT2D eigenvalue weighted by Gasteiger charge is 2.14. The monoisotopic (exact) mass is 209 g/mol. The highest BCUT2D eigenvalue weighted by molar-refractivity contribution is 5.42. The molecule has 0 saturated carbocycles. The first-order chi connectivity index (χ1) is 6.99. The number of hydrogen-bond acceptors (Lipinski definition) is 1. The van der Waals surface area contributed by atoms with E-state index in [0.29, 0.717) is 0 Å². The zero-order valence-electron chi connectivity index (χ0n) is 10.2. The molecule has 84 valence electrons. The van der Waals surface area contributed by atoms with Crippen molar-refractivity contribution in [1.82, 2.24) is 5.32 Å². The molecular weight excluding hydrogens is 189 g/mol. The summed E-state index contributed by atoms with van der Waals surface area (Å²) in [6, 6.07) is 1.65. The molecule has 0 aliphatic rings. The number of benzene rings is 1. The highest BCUT2D eigenvalue weighted by atomic mass is 19.1. The molecule has 0 unspecified atom stereocenters. The Morgan fingerprint density at radius 2 is 1.93 bits per heavy atom. The standard InChI is InChI=1S/C13H20FN/c1-8(2)13-10(4)11(7-15-5)9(3)6-12(13)14/h6,8,15H,7H2,1-5H3. The Balaban J connectivity index is 3.35. The summed E-state index contributed by atoms with van der Waals surface area (Å²) < 4.78 is 13.8. The van der Waals surface area contributed by atoms with Crippen molar-refractivity contribution in [2.45, 2.75) is 40.2 Å². The molecule has 1 aromatic rings. The number of rotatable bonds is 3. The van der Waals surface area contributed by atoms with Gasteiger partial charge in [-0.15, -0.1) is 0 Å². The van der Waals surface area contributed by atoms with E-state index in [1.54, 1.807) is 6.07 Å². The molecule has 1 nitrogen and oxygen atoms in total. The molecule has 15 heavy (non-hydrogen) atoms. The van der Waals surface area contributed by atoms with Gasteiger partial charge in [-0.1, -0.05) is 13.8 Å². The molecule has 0 saturated heterocycles. The summed E-state index contributed by atoms with van der Waals surface area (Å²) in [6.07, 6.45) is 0. The average Bonchev–Trinajstić information content (AvgIpc) is 2.11. The van der Waals surface area contributed by atoms with Crippen LogP contribution in [0.2, 0.25) is 0 Å². The van der Waals surface area contributed by atoms with Crippen molar-refractivity contribution in [2.75, 3.05) is 7.05 Å². The van der Waals surface area contributed by atoms with E-state index in [0.717, 1.165) is 23.2 Å². The molecule has 1 rings (SSSR count). The van der Waals surface area contributed by atoms with Crippen molar-refractivity contribution in [1.29, 1.82) is 0 Å². The Morgan fingerprint density at radius 1 is 1.33 bits per heavy atom. The van der Waals surface area contributed by atoms with Gasteiger partial charge in [0.05, 0.1) is 0 Å².